The van der Waals surface area contributed by atoms with Crippen LogP contribution in [0.5, 0.6) is 11.5 Å². The van der Waals surface area contributed by atoms with Gasteiger partial charge in [0.15, 0.2) is 11.6 Å². The standard InChI is InChI=1S/C24H19F2N5O4/c25-17-3-1-13(11-27)7-19(17)31-24(34)30-15-2-4-22(18(26)9-15)35-16-5-6-28-21(10-16)20-8-14(12-29-20)23(32)33/h1-10,12,29H,11,27H2,(H,32,33)(H2,30,31,34). The second-order valence-electron chi connectivity index (χ2n) is 7.33. The average Bonchev–Trinajstić information content (AvgIpc) is 3.33. The third-order valence-corrected chi connectivity index (χ3v) is 4.87. The number of rotatable bonds is 7. The third kappa shape index (κ3) is 5.60. The summed E-state index contributed by atoms with van der Waals surface area (Å²) in [4.78, 5) is 30.2. The number of amides is 2. The lowest BCUT2D eigenvalue weighted by Crippen LogP contribution is -2.20. The number of H-pyrrole nitrogens is 1. The van der Waals surface area contributed by atoms with E-state index < -0.39 is 23.6 Å². The van der Waals surface area contributed by atoms with E-state index in [2.05, 4.69) is 20.6 Å². The van der Waals surface area contributed by atoms with E-state index >= 15 is 0 Å². The molecule has 6 N–H and O–H groups in total. The van der Waals surface area contributed by atoms with Gasteiger partial charge in [0.05, 0.1) is 22.6 Å². The second kappa shape index (κ2) is 10.0. The van der Waals surface area contributed by atoms with Crippen LogP contribution in [-0.4, -0.2) is 27.1 Å². The van der Waals surface area contributed by atoms with Crippen molar-refractivity contribution in [2.75, 3.05) is 10.6 Å². The highest BCUT2D eigenvalue weighted by atomic mass is 19.1. The van der Waals surface area contributed by atoms with E-state index in [1.165, 1.54) is 60.9 Å². The molecule has 2 amide bonds. The number of nitrogens with one attached hydrogen (secondary N) is 3. The molecule has 0 saturated carbocycles. The third-order valence-electron chi connectivity index (χ3n) is 4.87. The van der Waals surface area contributed by atoms with Crippen LogP contribution in [0.2, 0.25) is 0 Å². The number of hydrogen-bond donors (Lipinski definition) is 5. The number of aromatic nitrogens is 2. The van der Waals surface area contributed by atoms with Crippen LogP contribution in [0.3, 0.4) is 0 Å². The summed E-state index contributed by atoms with van der Waals surface area (Å²) < 4.78 is 34.1. The Morgan fingerprint density at radius 1 is 1.03 bits per heavy atom. The van der Waals surface area contributed by atoms with Gasteiger partial charge in [-0.25, -0.2) is 18.4 Å². The minimum Gasteiger partial charge on any atom is -0.478 e. The quantitative estimate of drug-likeness (QED) is 0.254. The van der Waals surface area contributed by atoms with E-state index in [0.29, 0.717) is 17.0 Å². The van der Waals surface area contributed by atoms with E-state index in [1.807, 2.05) is 0 Å². The number of carbonyl (C=O) groups excluding carboxylic acids is 1. The Morgan fingerprint density at radius 3 is 2.57 bits per heavy atom. The zero-order valence-corrected chi connectivity index (χ0v) is 18.0. The number of hydrogen-bond acceptors (Lipinski definition) is 5. The largest absolute Gasteiger partial charge is 0.478 e. The van der Waals surface area contributed by atoms with E-state index in [0.717, 1.165) is 6.07 Å². The summed E-state index contributed by atoms with van der Waals surface area (Å²) in [6.45, 7) is 0.177. The molecule has 0 unspecified atom stereocenters. The number of carboxylic acid groups (broad SMARTS) is 1. The molecule has 11 heteroatoms. The van der Waals surface area contributed by atoms with Crippen LogP contribution in [0.1, 0.15) is 15.9 Å². The Balaban J connectivity index is 1.44. The topological polar surface area (TPSA) is 142 Å². The summed E-state index contributed by atoms with van der Waals surface area (Å²) in [5, 5.41) is 13.8. The molecule has 0 aliphatic heterocycles. The number of benzene rings is 2. The second-order valence-corrected chi connectivity index (χ2v) is 7.33. The summed E-state index contributed by atoms with van der Waals surface area (Å²) >= 11 is 0. The molecule has 2 aromatic carbocycles. The molecule has 0 spiro atoms. The molecular weight excluding hydrogens is 460 g/mol. The number of anilines is 2. The van der Waals surface area contributed by atoms with Gasteiger partial charge >= 0.3 is 12.0 Å². The number of carbonyl (C=O) groups is 2. The summed E-state index contributed by atoms with van der Waals surface area (Å²) in [6, 6.07) is 11.6. The van der Waals surface area contributed by atoms with Crippen molar-refractivity contribution in [1.29, 1.82) is 0 Å². The van der Waals surface area contributed by atoms with Crippen molar-refractivity contribution in [3.63, 3.8) is 0 Å². The maximum Gasteiger partial charge on any atom is 0.337 e. The predicted molar refractivity (Wildman–Crippen MR) is 124 cm³/mol. The first-order valence-corrected chi connectivity index (χ1v) is 10.2. The molecule has 0 saturated heterocycles. The molecule has 2 aromatic heterocycles. The minimum atomic E-state index is -1.08. The summed E-state index contributed by atoms with van der Waals surface area (Å²) in [7, 11) is 0. The van der Waals surface area contributed by atoms with Crippen molar-refractivity contribution in [1.82, 2.24) is 9.97 Å². The van der Waals surface area contributed by atoms with Crippen molar-refractivity contribution in [2.24, 2.45) is 5.73 Å². The van der Waals surface area contributed by atoms with Crippen molar-refractivity contribution in [3.8, 4) is 22.9 Å². The molecule has 0 atom stereocenters. The summed E-state index contributed by atoms with van der Waals surface area (Å²) in [6.07, 6.45) is 2.76. The Bertz CT molecular complexity index is 1410. The van der Waals surface area contributed by atoms with Gasteiger partial charge in [-0.3, -0.25) is 4.98 Å². The number of aromatic amines is 1. The molecule has 0 aliphatic rings. The maximum atomic E-state index is 14.6. The van der Waals surface area contributed by atoms with E-state index in [4.69, 9.17) is 15.6 Å². The van der Waals surface area contributed by atoms with Crippen LogP contribution in [0.15, 0.2) is 67.0 Å². The van der Waals surface area contributed by atoms with Gasteiger partial charge in [0.25, 0.3) is 0 Å². The minimum absolute atomic E-state index is 0.0584. The summed E-state index contributed by atoms with van der Waals surface area (Å²) in [5.41, 5.74) is 7.14. The van der Waals surface area contributed by atoms with Gasteiger partial charge in [-0.15, -0.1) is 0 Å². The lowest BCUT2D eigenvalue weighted by atomic mass is 10.2. The highest BCUT2D eigenvalue weighted by Crippen LogP contribution is 2.29. The molecule has 4 aromatic rings. The smallest absolute Gasteiger partial charge is 0.337 e. The number of urea groups is 1. The molecule has 178 valence electrons. The van der Waals surface area contributed by atoms with Crippen LogP contribution in [0, 0.1) is 11.6 Å². The normalized spacial score (nSPS) is 10.6. The first-order chi connectivity index (χ1) is 16.8. The zero-order valence-electron chi connectivity index (χ0n) is 18.0. The maximum absolute atomic E-state index is 14.6. The molecule has 35 heavy (non-hydrogen) atoms. The number of carboxylic acids is 1. The van der Waals surface area contributed by atoms with E-state index in [-0.39, 0.29) is 35.0 Å². The van der Waals surface area contributed by atoms with Gasteiger partial charge in [0.1, 0.15) is 11.6 Å². The number of aromatic carboxylic acids is 1. The molecule has 9 nitrogen and oxygen atoms in total. The van der Waals surface area contributed by atoms with Gasteiger partial charge in [-0.05, 0) is 42.0 Å². The SMILES string of the molecule is NCc1ccc(F)c(NC(=O)Nc2ccc(Oc3ccnc(-c4cc(C(=O)O)c[nH]4)c3)c(F)c2)c1. The Kier molecular flexibility index (Phi) is 6.69. The first kappa shape index (κ1) is 23.4. The highest BCUT2D eigenvalue weighted by Gasteiger charge is 2.13. The van der Waals surface area contributed by atoms with Gasteiger partial charge in [0, 0.05) is 36.8 Å². The van der Waals surface area contributed by atoms with Crippen LogP contribution in [-0.2, 0) is 6.54 Å². The van der Waals surface area contributed by atoms with Crippen molar-refractivity contribution < 1.29 is 28.2 Å². The van der Waals surface area contributed by atoms with Crippen LogP contribution in [0.4, 0.5) is 25.0 Å². The molecular formula is C24H19F2N5O4. The number of halogens is 2. The molecule has 0 bridgehead atoms. The monoisotopic (exact) mass is 479 g/mol. The molecule has 2 heterocycles. The summed E-state index contributed by atoms with van der Waals surface area (Å²) in [5.74, 6) is -2.34. The molecule has 0 radical (unpaired) electrons. The predicted octanol–water partition coefficient (Wildman–Crippen LogP) is 4.95. The fourth-order valence-electron chi connectivity index (χ4n) is 3.16. The lowest BCUT2D eigenvalue weighted by Gasteiger charge is -2.11. The molecule has 0 aliphatic carbocycles. The van der Waals surface area contributed by atoms with Gasteiger partial charge in [-0.2, -0.15) is 0 Å². The number of nitrogens with two attached hydrogens (primary N) is 1. The Morgan fingerprint density at radius 2 is 1.86 bits per heavy atom. The number of ether oxygens (including phenoxy) is 1. The van der Waals surface area contributed by atoms with Gasteiger partial charge in [-0.1, -0.05) is 6.07 Å². The lowest BCUT2D eigenvalue weighted by molar-refractivity contribution is 0.0697. The van der Waals surface area contributed by atoms with Crippen LogP contribution >= 0.6 is 0 Å². The van der Waals surface area contributed by atoms with Crippen molar-refractivity contribution in [3.05, 3.63) is 89.8 Å². The number of nitrogens with zero attached hydrogens (tertiary/aromatic N) is 1. The average molecular weight is 479 g/mol. The highest BCUT2D eigenvalue weighted by molar-refractivity contribution is 5.99. The zero-order chi connectivity index (χ0) is 24.9. The Hall–Kier alpha value is -4.77. The van der Waals surface area contributed by atoms with E-state index in [9.17, 15) is 18.4 Å². The van der Waals surface area contributed by atoms with Gasteiger partial charge < -0.3 is 31.2 Å². The van der Waals surface area contributed by atoms with Crippen molar-refractivity contribution in [2.45, 2.75) is 6.54 Å². The van der Waals surface area contributed by atoms with Crippen molar-refractivity contribution >= 4 is 23.4 Å². The van der Waals surface area contributed by atoms with Crippen LogP contribution in [0.25, 0.3) is 11.4 Å². The fraction of sp³-hybridized carbons (Fsp3) is 0.0417. The van der Waals surface area contributed by atoms with Gasteiger partial charge in [0.2, 0.25) is 0 Å². The number of pyridine rings is 1. The molecule has 0 fully saturated rings. The molecule has 4 rings (SSSR count). The Labute approximate surface area is 197 Å². The first-order valence-electron chi connectivity index (χ1n) is 10.2. The van der Waals surface area contributed by atoms with E-state index in [1.54, 1.807) is 0 Å². The van der Waals surface area contributed by atoms with Crippen LogP contribution < -0.4 is 21.1 Å². The fourth-order valence-corrected chi connectivity index (χ4v) is 3.16.